The molecule has 0 atom stereocenters. The normalized spacial score (nSPS) is 16.8. The number of imidazole rings is 1. The summed E-state index contributed by atoms with van der Waals surface area (Å²) in [4.78, 5) is 30.4. The Balaban J connectivity index is 1.92. The molecule has 1 saturated carbocycles. The van der Waals surface area contributed by atoms with Gasteiger partial charge in [-0.3, -0.25) is 9.59 Å². The molecule has 7 heteroatoms. The van der Waals surface area contributed by atoms with Crippen molar-refractivity contribution < 1.29 is 19.1 Å². The van der Waals surface area contributed by atoms with Crippen LogP contribution in [0.1, 0.15) is 42.5 Å². The number of carbonyl (C=O) groups is 2. The SMILES string of the molecule is O=C(O)CC1(NC(=O)c2cc(F)cc3[nH]cnc23)CCCC1. The fraction of sp³-hybridized carbons (Fsp3) is 0.400. The first-order chi connectivity index (χ1) is 10.5. The number of aromatic nitrogens is 2. The average molecular weight is 305 g/mol. The highest BCUT2D eigenvalue weighted by Crippen LogP contribution is 2.33. The van der Waals surface area contributed by atoms with Crippen LogP contribution in [0.15, 0.2) is 18.5 Å². The van der Waals surface area contributed by atoms with Crippen LogP contribution < -0.4 is 5.32 Å². The lowest BCUT2D eigenvalue weighted by Crippen LogP contribution is -2.47. The molecule has 1 aromatic carbocycles. The van der Waals surface area contributed by atoms with Crippen molar-refractivity contribution in [3.8, 4) is 0 Å². The van der Waals surface area contributed by atoms with Gasteiger partial charge in [0.2, 0.25) is 0 Å². The molecule has 1 amide bonds. The molecule has 1 aliphatic rings. The quantitative estimate of drug-likeness (QED) is 0.807. The molecule has 1 aromatic heterocycles. The Hall–Kier alpha value is -2.44. The number of carboxylic acids is 1. The zero-order valence-electron chi connectivity index (χ0n) is 11.9. The van der Waals surface area contributed by atoms with E-state index in [0.717, 1.165) is 18.9 Å². The molecule has 1 heterocycles. The van der Waals surface area contributed by atoms with Gasteiger partial charge in [0.1, 0.15) is 11.3 Å². The molecular formula is C15H16FN3O3. The minimum atomic E-state index is -0.952. The van der Waals surface area contributed by atoms with Gasteiger partial charge in [-0.15, -0.1) is 0 Å². The van der Waals surface area contributed by atoms with Gasteiger partial charge in [-0.2, -0.15) is 0 Å². The summed E-state index contributed by atoms with van der Waals surface area (Å²) in [5.41, 5.74) is 0.178. The smallest absolute Gasteiger partial charge is 0.305 e. The predicted octanol–water partition coefficient (Wildman–Crippen LogP) is 2.22. The van der Waals surface area contributed by atoms with Crippen LogP contribution in [-0.4, -0.2) is 32.5 Å². The second kappa shape index (κ2) is 5.40. The molecule has 22 heavy (non-hydrogen) atoms. The Morgan fingerprint density at radius 2 is 2.09 bits per heavy atom. The van der Waals surface area contributed by atoms with Crippen molar-refractivity contribution in [3.63, 3.8) is 0 Å². The number of carboxylic acid groups (broad SMARTS) is 1. The molecular weight excluding hydrogens is 289 g/mol. The number of rotatable bonds is 4. The van der Waals surface area contributed by atoms with E-state index in [1.165, 1.54) is 12.4 Å². The Bertz CT molecular complexity index is 735. The highest BCUT2D eigenvalue weighted by Gasteiger charge is 2.38. The first-order valence-electron chi connectivity index (χ1n) is 7.16. The lowest BCUT2D eigenvalue weighted by molar-refractivity contribution is -0.138. The van der Waals surface area contributed by atoms with Crippen LogP contribution in [0.2, 0.25) is 0 Å². The third-order valence-corrected chi connectivity index (χ3v) is 4.16. The minimum Gasteiger partial charge on any atom is -0.481 e. The summed E-state index contributed by atoms with van der Waals surface area (Å²) >= 11 is 0. The maximum atomic E-state index is 13.6. The van der Waals surface area contributed by atoms with Gasteiger partial charge >= 0.3 is 5.97 Å². The van der Waals surface area contributed by atoms with Crippen LogP contribution in [0, 0.1) is 5.82 Å². The lowest BCUT2D eigenvalue weighted by atomic mass is 9.92. The minimum absolute atomic E-state index is 0.118. The number of halogens is 1. The monoisotopic (exact) mass is 305 g/mol. The number of hydrogen-bond donors (Lipinski definition) is 3. The predicted molar refractivity (Wildman–Crippen MR) is 77.0 cm³/mol. The third kappa shape index (κ3) is 2.66. The Morgan fingerprint density at radius 3 is 2.77 bits per heavy atom. The number of amides is 1. The van der Waals surface area contributed by atoms with E-state index in [9.17, 15) is 14.0 Å². The van der Waals surface area contributed by atoms with E-state index < -0.39 is 23.2 Å². The van der Waals surface area contributed by atoms with Gasteiger partial charge in [0.15, 0.2) is 0 Å². The molecule has 3 rings (SSSR count). The molecule has 0 unspecified atom stereocenters. The van der Waals surface area contributed by atoms with Crippen LogP contribution in [0.25, 0.3) is 11.0 Å². The number of benzene rings is 1. The number of hydrogen-bond acceptors (Lipinski definition) is 3. The molecule has 0 spiro atoms. The van der Waals surface area contributed by atoms with Crippen molar-refractivity contribution >= 4 is 22.9 Å². The number of nitrogens with one attached hydrogen (secondary N) is 2. The molecule has 2 aromatic rings. The van der Waals surface area contributed by atoms with E-state index in [2.05, 4.69) is 15.3 Å². The van der Waals surface area contributed by atoms with Crippen molar-refractivity contribution in [1.29, 1.82) is 0 Å². The summed E-state index contributed by atoms with van der Waals surface area (Å²) in [6.07, 6.45) is 4.23. The topological polar surface area (TPSA) is 95.1 Å². The molecule has 0 saturated heterocycles. The fourth-order valence-corrected chi connectivity index (χ4v) is 3.18. The van der Waals surface area contributed by atoms with Crippen LogP contribution in [0.4, 0.5) is 4.39 Å². The van der Waals surface area contributed by atoms with Gasteiger partial charge in [-0.05, 0) is 25.0 Å². The summed E-state index contributed by atoms with van der Waals surface area (Å²) in [5, 5.41) is 11.9. The van der Waals surface area contributed by atoms with Gasteiger partial charge < -0.3 is 15.4 Å². The summed E-state index contributed by atoms with van der Waals surface area (Å²) in [6, 6.07) is 2.39. The summed E-state index contributed by atoms with van der Waals surface area (Å²) in [7, 11) is 0. The van der Waals surface area contributed by atoms with Gasteiger partial charge in [0.25, 0.3) is 5.91 Å². The largest absolute Gasteiger partial charge is 0.481 e. The van der Waals surface area contributed by atoms with Crippen molar-refractivity contribution in [1.82, 2.24) is 15.3 Å². The zero-order valence-corrected chi connectivity index (χ0v) is 11.9. The Labute approximate surface area is 125 Å². The molecule has 116 valence electrons. The molecule has 1 fully saturated rings. The summed E-state index contributed by atoms with van der Waals surface area (Å²) in [5.74, 6) is -1.98. The van der Waals surface area contributed by atoms with Crippen molar-refractivity contribution in [2.24, 2.45) is 0 Å². The Kier molecular flexibility index (Phi) is 3.56. The second-order valence-corrected chi connectivity index (χ2v) is 5.76. The molecule has 0 radical (unpaired) electrons. The van der Waals surface area contributed by atoms with Crippen molar-refractivity contribution in [2.75, 3.05) is 0 Å². The third-order valence-electron chi connectivity index (χ3n) is 4.16. The van der Waals surface area contributed by atoms with E-state index in [0.29, 0.717) is 23.9 Å². The number of fused-ring (bicyclic) bond motifs is 1. The van der Waals surface area contributed by atoms with Gasteiger partial charge in [0, 0.05) is 0 Å². The lowest BCUT2D eigenvalue weighted by Gasteiger charge is -2.28. The molecule has 6 nitrogen and oxygen atoms in total. The van der Waals surface area contributed by atoms with Crippen LogP contribution in [0.5, 0.6) is 0 Å². The number of nitrogens with zero attached hydrogens (tertiary/aromatic N) is 1. The number of H-pyrrole nitrogens is 1. The number of aromatic amines is 1. The molecule has 3 N–H and O–H groups in total. The maximum absolute atomic E-state index is 13.6. The van der Waals surface area contributed by atoms with E-state index in [1.54, 1.807) is 0 Å². The van der Waals surface area contributed by atoms with E-state index in [1.807, 2.05) is 0 Å². The maximum Gasteiger partial charge on any atom is 0.305 e. The van der Waals surface area contributed by atoms with Crippen molar-refractivity contribution in [3.05, 3.63) is 29.8 Å². The molecule has 0 bridgehead atoms. The van der Waals surface area contributed by atoms with Crippen LogP contribution >= 0.6 is 0 Å². The standard InChI is InChI=1S/C15H16FN3O3/c16-9-5-10(13-11(6-9)17-8-18-13)14(22)19-15(7-12(20)21)3-1-2-4-15/h5-6,8H,1-4,7H2,(H,17,18)(H,19,22)(H,20,21). The number of aliphatic carboxylic acids is 1. The first-order valence-corrected chi connectivity index (χ1v) is 7.16. The molecule has 0 aliphatic heterocycles. The van der Waals surface area contributed by atoms with Gasteiger partial charge in [-0.25, -0.2) is 9.37 Å². The summed E-state index contributed by atoms with van der Waals surface area (Å²) < 4.78 is 13.6. The van der Waals surface area contributed by atoms with E-state index in [-0.39, 0.29) is 12.0 Å². The summed E-state index contributed by atoms with van der Waals surface area (Å²) in [6.45, 7) is 0. The molecule has 1 aliphatic carbocycles. The second-order valence-electron chi connectivity index (χ2n) is 5.76. The van der Waals surface area contributed by atoms with Crippen LogP contribution in [0.3, 0.4) is 0 Å². The van der Waals surface area contributed by atoms with Crippen LogP contribution in [-0.2, 0) is 4.79 Å². The first kappa shape index (κ1) is 14.5. The van der Waals surface area contributed by atoms with E-state index >= 15 is 0 Å². The Morgan fingerprint density at radius 1 is 1.36 bits per heavy atom. The van der Waals surface area contributed by atoms with Crippen molar-refractivity contribution in [2.45, 2.75) is 37.6 Å². The average Bonchev–Trinajstić information content (AvgIpc) is 3.06. The fourth-order valence-electron chi connectivity index (χ4n) is 3.18. The zero-order chi connectivity index (χ0) is 15.7. The van der Waals surface area contributed by atoms with Gasteiger partial charge in [0.05, 0.1) is 29.4 Å². The highest BCUT2D eigenvalue weighted by molar-refractivity contribution is 6.05. The number of carbonyl (C=O) groups excluding carboxylic acids is 1. The van der Waals surface area contributed by atoms with Gasteiger partial charge in [-0.1, -0.05) is 12.8 Å². The highest BCUT2D eigenvalue weighted by atomic mass is 19.1. The van der Waals surface area contributed by atoms with E-state index in [4.69, 9.17) is 5.11 Å².